The van der Waals surface area contributed by atoms with Crippen molar-refractivity contribution >= 4 is 10.8 Å². The molecule has 4 heteroatoms. The highest BCUT2D eigenvalue weighted by Gasteiger charge is 2.19. The van der Waals surface area contributed by atoms with Crippen LogP contribution >= 0.6 is 0 Å². The molecular formula is C17H16N2OS. The first-order valence-corrected chi connectivity index (χ1v) is 7.92. The Morgan fingerprint density at radius 3 is 2.10 bits per heavy atom. The van der Waals surface area contributed by atoms with Gasteiger partial charge >= 0.3 is 0 Å². The molecule has 0 aliphatic carbocycles. The first kappa shape index (κ1) is 13.8. The van der Waals surface area contributed by atoms with Gasteiger partial charge in [0.25, 0.3) is 0 Å². The highest BCUT2D eigenvalue weighted by Crippen LogP contribution is 2.25. The van der Waals surface area contributed by atoms with Gasteiger partial charge in [0.1, 0.15) is 0 Å². The Morgan fingerprint density at radius 1 is 0.905 bits per heavy atom. The minimum Gasteiger partial charge on any atom is -0.249 e. The number of nitrogens with zero attached hydrogens (tertiary/aromatic N) is 2. The van der Waals surface area contributed by atoms with E-state index in [1.807, 2.05) is 79.2 Å². The summed E-state index contributed by atoms with van der Waals surface area (Å²) < 4.78 is 14.6. The maximum atomic E-state index is 12.8. The smallest absolute Gasteiger partial charge is 0.0887 e. The van der Waals surface area contributed by atoms with Crippen LogP contribution in [0.4, 0.5) is 0 Å². The van der Waals surface area contributed by atoms with Crippen LogP contribution in [-0.2, 0) is 10.8 Å². The van der Waals surface area contributed by atoms with Gasteiger partial charge in [-0.3, -0.25) is 0 Å². The number of hydrogen-bond donors (Lipinski definition) is 0. The molecule has 0 saturated heterocycles. The van der Waals surface area contributed by atoms with Gasteiger partial charge in [0.05, 0.1) is 32.8 Å². The second kappa shape index (κ2) is 5.66. The van der Waals surface area contributed by atoms with Crippen LogP contribution in [0.5, 0.6) is 0 Å². The summed E-state index contributed by atoms with van der Waals surface area (Å²) in [4.78, 5) is 1.60. The molecule has 2 aromatic carbocycles. The molecule has 1 aromatic heterocycles. The third-order valence-electron chi connectivity index (χ3n) is 3.37. The van der Waals surface area contributed by atoms with E-state index in [1.165, 1.54) is 0 Å². The fraction of sp³-hybridized carbons (Fsp3) is 0.118. The molecule has 0 aliphatic heterocycles. The Morgan fingerprint density at radius 2 is 1.48 bits per heavy atom. The summed E-state index contributed by atoms with van der Waals surface area (Å²) in [7, 11) is -1.21. The lowest BCUT2D eigenvalue weighted by atomic mass is 10.3. The van der Waals surface area contributed by atoms with Gasteiger partial charge in [0, 0.05) is 4.90 Å². The molecule has 0 unspecified atom stereocenters. The summed E-state index contributed by atoms with van der Waals surface area (Å²) in [5, 5.41) is 4.55. The standard InChI is InChI=1S/C17H16N2OS/c1-13-17(21(20)16-11-7-4-8-12-16)14(2)19(18-13)15-9-5-3-6-10-15/h3-12H,1-2H3/t21-/m0/s1. The molecule has 106 valence electrons. The van der Waals surface area contributed by atoms with Crippen LogP contribution < -0.4 is 0 Å². The highest BCUT2D eigenvalue weighted by molar-refractivity contribution is 7.85. The molecule has 0 spiro atoms. The van der Waals surface area contributed by atoms with Crippen LogP contribution in [0.15, 0.2) is 70.5 Å². The topological polar surface area (TPSA) is 34.9 Å². The average Bonchev–Trinajstić information content (AvgIpc) is 2.83. The number of rotatable bonds is 3. The quantitative estimate of drug-likeness (QED) is 0.739. The molecule has 1 heterocycles. The highest BCUT2D eigenvalue weighted by atomic mass is 32.2. The largest absolute Gasteiger partial charge is 0.249 e. The SMILES string of the molecule is Cc1nn(-c2ccccc2)c(C)c1[S@@](=O)c1ccccc1. The van der Waals surface area contributed by atoms with Crippen LogP contribution in [0.25, 0.3) is 5.69 Å². The summed E-state index contributed by atoms with van der Waals surface area (Å²) in [6.45, 7) is 3.87. The van der Waals surface area contributed by atoms with E-state index in [-0.39, 0.29) is 0 Å². The molecule has 0 saturated carbocycles. The lowest BCUT2D eigenvalue weighted by Crippen LogP contribution is -2.00. The van der Waals surface area contributed by atoms with Gasteiger partial charge in [-0.2, -0.15) is 5.10 Å². The number of benzene rings is 2. The van der Waals surface area contributed by atoms with Crippen molar-refractivity contribution in [3.05, 3.63) is 72.1 Å². The van der Waals surface area contributed by atoms with E-state index in [0.717, 1.165) is 26.9 Å². The van der Waals surface area contributed by atoms with E-state index in [1.54, 1.807) is 0 Å². The molecule has 0 fully saturated rings. The molecule has 0 N–H and O–H groups in total. The van der Waals surface area contributed by atoms with Gasteiger partial charge < -0.3 is 0 Å². The molecule has 3 nitrogen and oxygen atoms in total. The van der Waals surface area contributed by atoms with Crippen molar-refractivity contribution in [1.29, 1.82) is 0 Å². The summed E-state index contributed by atoms with van der Waals surface area (Å²) in [5.41, 5.74) is 2.70. The molecule has 3 rings (SSSR count). The van der Waals surface area contributed by atoms with Gasteiger partial charge in [0.2, 0.25) is 0 Å². The third-order valence-corrected chi connectivity index (χ3v) is 5.03. The van der Waals surface area contributed by atoms with Crippen LogP contribution in [-0.4, -0.2) is 14.0 Å². The fourth-order valence-corrected chi connectivity index (χ4v) is 3.68. The zero-order valence-electron chi connectivity index (χ0n) is 12.0. The second-order valence-corrected chi connectivity index (χ2v) is 6.25. The Kier molecular flexibility index (Phi) is 3.71. The minimum atomic E-state index is -1.21. The van der Waals surface area contributed by atoms with E-state index in [4.69, 9.17) is 0 Å². The summed E-state index contributed by atoms with van der Waals surface area (Å²) >= 11 is 0. The van der Waals surface area contributed by atoms with E-state index >= 15 is 0 Å². The first-order valence-electron chi connectivity index (χ1n) is 6.77. The molecule has 0 aliphatic rings. The predicted octanol–water partition coefficient (Wildman–Crippen LogP) is 3.66. The van der Waals surface area contributed by atoms with E-state index in [0.29, 0.717) is 0 Å². The van der Waals surface area contributed by atoms with Gasteiger partial charge in [-0.15, -0.1) is 0 Å². The number of aryl methyl sites for hydroxylation is 1. The predicted molar refractivity (Wildman–Crippen MR) is 84.2 cm³/mol. The molecule has 3 aromatic rings. The lowest BCUT2D eigenvalue weighted by molar-refractivity contribution is 0.682. The van der Waals surface area contributed by atoms with E-state index in [2.05, 4.69) is 5.10 Å². The summed E-state index contributed by atoms with van der Waals surface area (Å²) in [6, 6.07) is 19.4. The van der Waals surface area contributed by atoms with E-state index in [9.17, 15) is 4.21 Å². The molecule has 0 bridgehead atoms. The maximum absolute atomic E-state index is 12.8. The summed E-state index contributed by atoms with van der Waals surface area (Å²) in [6.07, 6.45) is 0. The monoisotopic (exact) mass is 296 g/mol. The molecule has 1 atom stereocenters. The summed E-state index contributed by atoms with van der Waals surface area (Å²) in [5.74, 6) is 0. The third kappa shape index (κ3) is 2.54. The van der Waals surface area contributed by atoms with Crippen LogP contribution in [0.2, 0.25) is 0 Å². The van der Waals surface area contributed by atoms with E-state index < -0.39 is 10.8 Å². The zero-order chi connectivity index (χ0) is 14.8. The molecular weight excluding hydrogens is 280 g/mol. The number of para-hydroxylation sites is 1. The van der Waals surface area contributed by atoms with Crippen molar-refractivity contribution in [3.8, 4) is 5.69 Å². The first-order chi connectivity index (χ1) is 10.2. The van der Waals surface area contributed by atoms with Gasteiger partial charge in [-0.1, -0.05) is 36.4 Å². The Bertz CT molecular complexity index is 779. The van der Waals surface area contributed by atoms with Crippen molar-refractivity contribution in [2.24, 2.45) is 0 Å². The second-order valence-electron chi connectivity index (χ2n) is 4.83. The zero-order valence-corrected chi connectivity index (χ0v) is 12.8. The van der Waals surface area contributed by atoms with Crippen LogP contribution in [0.1, 0.15) is 11.4 Å². The van der Waals surface area contributed by atoms with Crippen molar-refractivity contribution in [3.63, 3.8) is 0 Å². The lowest BCUT2D eigenvalue weighted by Gasteiger charge is -2.05. The molecule has 21 heavy (non-hydrogen) atoms. The normalized spacial score (nSPS) is 12.3. The molecule has 0 amide bonds. The Hall–Kier alpha value is -2.20. The minimum absolute atomic E-state index is 0.796. The average molecular weight is 296 g/mol. The van der Waals surface area contributed by atoms with Gasteiger partial charge in [-0.25, -0.2) is 8.89 Å². The van der Waals surface area contributed by atoms with Gasteiger partial charge in [0.15, 0.2) is 0 Å². The van der Waals surface area contributed by atoms with Crippen molar-refractivity contribution in [1.82, 2.24) is 9.78 Å². The van der Waals surface area contributed by atoms with Crippen molar-refractivity contribution in [2.75, 3.05) is 0 Å². The van der Waals surface area contributed by atoms with Crippen LogP contribution in [0, 0.1) is 13.8 Å². The Balaban J connectivity index is 2.09. The van der Waals surface area contributed by atoms with Crippen molar-refractivity contribution in [2.45, 2.75) is 23.6 Å². The Labute approximate surface area is 126 Å². The van der Waals surface area contributed by atoms with Crippen LogP contribution in [0.3, 0.4) is 0 Å². The maximum Gasteiger partial charge on any atom is 0.0887 e. The molecule has 0 radical (unpaired) electrons. The number of aromatic nitrogens is 2. The van der Waals surface area contributed by atoms with Gasteiger partial charge in [-0.05, 0) is 38.1 Å². The number of hydrogen-bond acceptors (Lipinski definition) is 2. The fourth-order valence-electron chi connectivity index (χ4n) is 2.38. The van der Waals surface area contributed by atoms with Crippen molar-refractivity contribution < 1.29 is 4.21 Å².